The molecule has 0 aliphatic rings. The molecular formula is C26H24F3N3O2. The maximum absolute atomic E-state index is 13.4. The second-order valence-corrected chi connectivity index (χ2v) is 8.10. The lowest BCUT2D eigenvalue weighted by molar-refractivity contribution is -0.137. The van der Waals surface area contributed by atoms with Crippen LogP contribution in [0.4, 0.5) is 24.5 Å². The maximum Gasteiger partial charge on any atom is 0.416 e. The van der Waals surface area contributed by atoms with Gasteiger partial charge in [0.2, 0.25) is 0 Å². The molecule has 34 heavy (non-hydrogen) atoms. The normalized spacial score (nSPS) is 12.5. The van der Waals surface area contributed by atoms with Crippen molar-refractivity contribution in [3.63, 3.8) is 0 Å². The molecule has 4 aromatic rings. The summed E-state index contributed by atoms with van der Waals surface area (Å²) < 4.78 is 41.4. The highest BCUT2D eigenvalue weighted by Gasteiger charge is 2.31. The number of nitrogens with one attached hydrogen (secondary N) is 2. The molecule has 3 aromatic carbocycles. The summed E-state index contributed by atoms with van der Waals surface area (Å²) in [7, 11) is 1.75. The highest BCUT2D eigenvalue weighted by molar-refractivity contribution is 6.09. The zero-order valence-corrected chi connectivity index (χ0v) is 18.6. The number of alkyl halides is 3. The standard InChI is InChI=1S/C26H24F3N3O2/c1-16(18-12-10-17(15-33)11-13-18)30-25(34)24-23(21-8-3-4-9-22(21)32(24)2)31-20-7-5-6-19(14-20)26(27,28)29/h3-14,16,31,33H,15H2,1-2H3,(H,30,34). The Balaban J connectivity index is 1.70. The molecule has 1 unspecified atom stereocenters. The van der Waals surface area contributed by atoms with Crippen molar-refractivity contribution in [3.05, 3.63) is 95.2 Å². The number of benzene rings is 3. The van der Waals surface area contributed by atoms with Crippen LogP contribution in [-0.2, 0) is 19.8 Å². The van der Waals surface area contributed by atoms with E-state index in [4.69, 9.17) is 0 Å². The molecule has 0 radical (unpaired) electrons. The number of nitrogens with zero attached hydrogens (tertiary/aromatic N) is 1. The number of rotatable bonds is 6. The summed E-state index contributed by atoms with van der Waals surface area (Å²) in [5.74, 6) is -0.369. The number of aromatic nitrogens is 1. The first kappa shape index (κ1) is 23.4. The molecule has 0 aliphatic carbocycles. The highest BCUT2D eigenvalue weighted by Crippen LogP contribution is 2.35. The van der Waals surface area contributed by atoms with Gasteiger partial charge in [-0.3, -0.25) is 4.79 Å². The smallest absolute Gasteiger partial charge is 0.392 e. The number of halogens is 3. The Hall–Kier alpha value is -3.78. The molecule has 0 spiro atoms. The van der Waals surface area contributed by atoms with Crippen LogP contribution in [0, 0.1) is 0 Å². The first-order valence-corrected chi connectivity index (χ1v) is 10.7. The number of aliphatic hydroxyl groups excluding tert-OH is 1. The molecule has 176 valence electrons. The molecular weight excluding hydrogens is 443 g/mol. The number of carbonyl (C=O) groups is 1. The minimum Gasteiger partial charge on any atom is -0.392 e. The predicted octanol–water partition coefficient (Wildman–Crippen LogP) is 5.92. The van der Waals surface area contributed by atoms with Gasteiger partial charge in [0.1, 0.15) is 5.69 Å². The molecule has 1 heterocycles. The first-order valence-electron chi connectivity index (χ1n) is 10.7. The minimum absolute atomic E-state index is 0.0679. The summed E-state index contributed by atoms with van der Waals surface area (Å²) in [5.41, 5.74) is 2.58. The maximum atomic E-state index is 13.4. The van der Waals surface area contributed by atoms with Gasteiger partial charge in [0, 0.05) is 18.1 Å². The van der Waals surface area contributed by atoms with E-state index in [0.717, 1.165) is 28.8 Å². The molecule has 5 nitrogen and oxygen atoms in total. The van der Waals surface area contributed by atoms with Gasteiger partial charge in [0.25, 0.3) is 5.91 Å². The highest BCUT2D eigenvalue weighted by atomic mass is 19.4. The van der Waals surface area contributed by atoms with Gasteiger partial charge in [0.15, 0.2) is 0 Å². The Morgan fingerprint density at radius 3 is 2.41 bits per heavy atom. The topological polar surface area (TPSA) is 66.3 Å². The molecule has 0 bridgehead atoms. The van der Waals surface area contributed by atoms with Gasteiger partial charge in [0.05, 0.1) is 29.4 Å². The molecule has 4 rings (SSSR count). The summed E-state index contributed by atoms with van der Waals surface area (Å²) in [6.45, 7) is 1.77. The van der Waals surface area contributed by atoms with Gasteiger partial charge in [-0.2, -0.15) is 13.2 Å². The van der Waals surface area contributed by atoms with Crippen LogP contribution < -0.4 is 10.6 Å². The number of fused-ring (bicyclic) bond motifs is 1. The number of aryl methyl sites for hydroxylation is 1. The second-order valence-electron chi connectivity index (χ2n) is 8.10. The lowest BCUT2D eigenvalue weighted by atomic mass is 10.1. The van der Waals surface area contributed by atoms with Crippen LogP contribution in [0.25, 0.3) is 10.9 Å². The third-order valence-electron chi connectivity index (χ3n) is 5.79. The fraction of sp³-hybridized carbons (Fsp3) is 0.192. The van der Waals surface area contributed by atoms with E-state index in [0.29, 0.717) is 16.8 Å². The van der Waals surface area contributed by atoms with Gasteiger partial charge in [-0.05, 0) is 42.3 Å². The third-order valence-corrected chi connectivity index (χ3v) is 5.79. The number of anilines is 2. The average Bonchev–Trinajstić information content (AvgIpc) is 3.10. The Labute approximate surface area is 194 Å². The van der Waals surface area contributed by atoms with E-state index in [9.17, 15) is 23.1 Å². The van der Waals surface area contributed by atoms with Gasteiger partial charge in [-0.1, -0.05) is 48.5 Å². The summed E-state index contributed by atoms with van der Waals surface area (Å²) in [4.78, 5) is 13.4. The lowest BCUT2D eigenvalue weighted by Crippen LogP contribution is -2.28. The predicted molar refractivity (Wildman–Crippen MR) is 126 cm³/mol. The van der Waals surface area contributed by atoms with Gasteiger partial charge >= 0.3 is 6.18 Å². The van der Waals surface area contributed by atoms with Crippen molar-refractivity contribution in [2.75, 3.05) is 5.32 Å². The Kier molecular flexibility index (Phi) is 6.34. The Bertz CT molecular complexity index is 1330. The van der Waals surface area contributed by atoms with Crippen LogP contribution in [0.3, 0.4) is 0 Å². The average molecular weight is 467 g/mol. The van der Waals surface area contributed by atoms with Crippen molar-refractivity contribution < 1.29 is 23.1 Å². The molecule has 1 amide bonds. The van der Waals surface area contributed by atoms with E-state index < -0.39 is 11.7 Å². The number of hydrogen-bond acceptors (Lipinski definition) is 3. The van der Waals surface area contributed by atoms with Crippen LogP contribution in [0.1, 0.15) is 40.1 Å². The van der Waals surface area contributed by atoms with E-state index >= 15 is 0 Å². The summed E-state index contributed by atoms with van der Waals surface area (Å²) in [6, 6.07) is 19.1. The Morgan fingerprint density at radius 1 is 1.03 bits per heavy atom. The number of hydrogen-bond donors (Lipinski definition) is 3. The second kappa shape index (κ2) is 9.23. The van der Waals surface area contributed by atoms with Crippen LogP contribution >= 0.6 is 0 Å². The van der Waals surface area contributed by atoms with Crippen molar-refractivity contribution in [1.82, 2.24) is 9.88 Å². The van der Waals surface area contributed by atoms with E-state index in [1.54, 1.807) is 23.7 Å². The van der Waals surface area contributed by atoms with Crippen molar-refractivity contribution in [2.24, 2.45) is 7.05 Å². The monoisotopic (exact) mass is 467 g/mol. The summed E-state index contributed by atoms with van der Waals surface area (Å²) in [5, 5.41) is 16.0. The van der Waals surface area contributed by atoms with Crippen molar-refractivity contribution in [2.45, 2.75) is 25.7 Å². The number of para-hydroxylation sites is 1. The van der Waals surface area contributed by atoms with Crippen LogP contribution in [0.15, 0.2) is 72.8 Å². The molecule has 0 aliphatic heterocycles. The van der Waals surface area contributed by atoms with Crippen molar-refractivity contribution in [1.29, 1.82) is 0 Å². The molecule has 1 aromatic heterocycles. The zero-order valence-electron chi connectivity index (χ0n) is 18.6. The van der Waals surface area contributed by atoms with Gasteiger partial charge < -0.3 is 20.3 Å². The minimum atomic E-state index is -4.47. The number of amides is 1. The van der Waals surface area contributed by atoms with Crippen molar-refractivity contribution in [3.8, 4) is 0 Å². The summed E-state index contributed by atoms with van der Waals surface area (Å²) >= 11 is 0. The molecule has 8 heteroatoms. The third kappa shape index (κ3) is 4.63. The van der Waals surface area contributed by atoms with Gasteiger partial charge in [-0.25, -0.2) is 0 Å². The van der Waals surface area contributed by atoms with Crippen LogP contribution in [-0.4, -0.2) is 15.6 Å². The van der Waals surface area contributed by atoms with E-state index in [1.807, 2.05) is 43.3 Å². The summed E-state index contributed by atoms with van der Waals surface area (Å²) in [6.07, 6.45) is -4.47. The van der Waals surface area contributed by atoms with Crippen LogP contribution in [0.5, 0.6) is 0 Å². The number of aliphatic hydroxyl groups is 1. The first-order chi connectivity index (χ1) is 16.2. The van der Waals surface area contributed by atoms with E-state index in [2.05, 4.69) is 10.6 Å². The fourth-order valence-electron chi connectivity index (χ4n) is 3.96. The van der Waals surface area contributed by atoms with E-state index in [-0.39, 0.29) is 24.2 Å². The largest absolute Gasteiger partial charge is 0.416 e. The molecule has 3 N–H and O–H groups in total. The molecule has 0 saturated carbocycles. The zero-order chi connectivity index (χ0) is 24.5. The van der Waals surface area contributed by atoms with Crippen LogP contribution in [0.2, 0.25) is 0 Å². The molecule has 0 saturated heterocycles. The Morgan fingerprint density at radius 2 is 1.74 bits per heavy atom. The molecule has 0 fully saturated rings. The van der Waals surface area contributed by atoms with Crippen molar-refractivity contribution >= 4 is 28.2 Å². The van der Waals surface area contributed by atoms with E-state index in [1.165, 1.54) is 12.1 Å². The van der Waals surface area contributed by atoms with Gasteiger partial charge in [-0.15, -0.1) is 0 Å². The quantitative estimate of drug-likeness (QED) is 0.330. The molecule has 1 atom stereocenters. The SMILES string of the molecule is CC(NC(=O)c1c(Nc2cccc(C(F)(F)F)c2)c2ccccc2n1C)c1ccc(CO)cc1. The fourth-order valence-corrected chi connectivity index (χ4v) is 3.96. The number of carbonyl (C=O) groups excluding carboxylic acids is 1. The lowest BCUT2D eigenvalue weighted by Gasteiger charge is -2.17.